The third-order valence-corrected chi connectivity index (χ3v) is 6.09. The van der Waals surface area contributed by atoms with E-state index in [2.05, 4.69) is 39.4 Å². The van der Waals surface area contributed by atoms with Crippen molar-refractivity contribution >= 4 is 27.4 Å². The Hall–Kier alpha value is -2.38. The molecule has 7 heteroatoms. The summed E-state index contributed by atoms with van der Waals surface area (Å²) in [5.74, 6) is 0.00149. The summed E-state index contributed by atoms with van der Waals surface area (Å²) in [5.41, 5.74) is 3.03. The number of benzene rings is 1. The summed E-state index contributed by atoms with van der Waals surface area (Å²) in [6.45, 7) is 3.98. The minimum atomic E-state index is -1.05. The highest BCUT2D eigenvalue weighted by Gasteiger charge is 2.18. The smallest absolute Gasteiger partial charge is 0.339 e. The summed E-state index contributed by atoms with van der Waals surface area (Å²) in [6.07, 6.45) is 10.6. The van der Waals surface area contributed by atoms with Gasteiger partial charge in [0.15, 0.2) is 0 Å². The molecule has 1 aromatic carbocycles. The maximum absolute atomic E-state index is 13.6. The molecule has 0 spiro atoms. The van der Waals surface area contributed by atoms with Crippen LogP contribution in [-0.4, -0.2) is 67.9 Å². The van der Waals surface area contributed by atoms with Crippen molar-refractivity contribution in [3.05, 3.63) is 64.4 Å². The fraction of sp³-hybridized carbons (Fsp3) is 0.417. The third kappa shape index (κ3) is 6.55. The van der Waals surface area contributed by atoms with Crippen LogP contribution in [-0.2, 0) is 4.74 Å². The number of anilines is 1. The zero-order chi connectivity index (χ0) is 22.4. The third-order valence-electron chi connectivity index (χ3n) is 5.14. The van der Waals surface area contributed by atoms with Crippen LogP contribution in [0.25, 0.3) is 5.57 Å². The van der Waals surface area contributed by atoms with Crippen molar-refractivity contribution in [2.75, 3.05) is 57.4 Å². The number of likely N-dealkylation sites (tertiary alicyclic amines) is 1. The zero-order valence-corrected chi connectivity index (χ0v) is 19.6. The van der Waals surface area contributed by atoms with Crippen LogP contribution in [0, 0.1) is 5.82 Å². The van der Waals surface area contributed by atoms with Gasteiger partial charge in [-0.25, -0.2) is 24.2 Å². The average molecular weight is 446 g/mol. The first-order chi connectivity index (χ1) is 14.8. The summed E-state index contributed by atoms with van der Waals surface area (Å²) in [6, 6.07) is 8.27. The van der Waals surface area contributed by atoms with Crippen LogP contribution in [0.4, 0.5) is 10.2 Å². The molecule has 1 aliphatic heterocycles. The minimum absolute atomic E-state index is 0.281. The standard InChI is InChI=1S/C24H32FN3O2S/c1-30-24(29)19-15-21(23(27-16-19)26-11-14-28-12-5-6-13-28)22(17-31(2,3)4)18-7-9-20(25)10-8-18/h7-10,15-17H,5-6,11-14H2,1-4H3,(H,26,27)/b22-17+. The lowest BCUT2D eigenvalue weighted by molar-refractivity contribution is 0.0600. The molecule has 0 bridgehead atoms. The van der Waals surface area contributed by atoms with E-state index in [0.29, 0.717) is 11.4 Å². The Labute approximate surface area is 186 Å². The molecule has 0 unspecified atom stereocenters. The Morgan fingerprint density at radius 3 is 2.48 bits per heavy atom. The van der Waals surface area contributed by atoms with Crippen molar-refractivity contribution in [1.82, 2.24) is 9.88 Å². The molecule has 0 aliphatic carbocycles. The molecule has 3 rings (SSSR count). The molecule has 0 amide bonds. The van der Waals surface area contributed by atoms with E-state index in [1.54, 1.807) is 18.3 Å². The van der Waals surface area contributed by atoms with Gasteiger partial charge in [0, 0.05) is 24.8 Å². The van der Waals surface area contributed by atoms with Gasteiger partial charge in [-0.1, -0.05) is 12.1 Å². The topological polar surface area (TPSA) is 54.5 Å². The van der Waals surface area contributed by atoms with Crippen LogP contribution in [0.5, 0.6) is 0 Å². The van der Waals surface area contributed by atoms with Gasteiger partial charge in [0.25, 0.3) is 0 Å². The molecule has 168 valence electrons. The Balaban J connectivity index is 2.01. The van der Waals surface area contributed by atoms with E-state index in [1.165, 1.54) is 32.1 Å². The molecule has 31 heavy (non-hydrogen) atoms. The second-order valence-electron chi connectivity index (χ2n) is 8.56. The van der Waals surface area contributed by atoms with E-state index in [-0.39, 0.29) is 5.82 Å². The highest BCUT2D eigenvalue weighted by Crippen LogP contribution is 2.43. The van der Waals surface area contributed by atoms with Crippen molar-refractivity contribution in [2.45, 2.75) is 12.8 Å². The van der Waals surface area contributed by atoms with Crippen molar-refractivity contribution in [3.63, 3.8) is 0 Å². The molecule has 2 aromatic rings. The van der Waals surface area contributed by atoms with E-state index in [9.17, 15) is 9.18 Å². The largest absolute Gasteiger partial charge is 0.465 e. The van der Waals surface area contributed by atoms with Gasteiger partial charge < -0.3 is 15.0 Å². The molecular weight excluding hydrogens is 413 g/mol. The number of nitrogens with zero attached hydrogens (tertiary/aromatic N) is 2. The van der Waals surface area contributed by atoms with Gasteiger partial charge in [-0.05, 0) is 79.4 Å². The van der Waals surface area contributed by atoms with E-state index in [4.69, 9.17) is 4.74 Å². The van der Waals surface area contributed by atoms with Crippen molar-refractivity contribution in [1.29, 1.82) is 0 Å². The number of hydrogen-bond acceptors (Lipinski definition) is 5. The normalized spacial score (nSPS) is 15.7. The van der Waals surface area contributed by atoms with E-state index >= 15 is 0 Å². The number of esters is 1. The van der Waals surface area contributed by atoms with Gasteiger partial charge in [0.2, 0.25) is 0 Å². The maximum Gasteiger partial charge on any atom is 0.339 e. The van der Waals surface area contributed by atoms with Gasteiger partial charge in [-0.15, -0.1) is 0 Å². The number of hydrogen-bond donors (Lipinski definition) is 1. The lowest BCUT2D eigenvalue weighted by Crippen LogP contribution is -2.26. The Morgan fingerprint density at radius 2 is 1.87 bits per heavy atom. The van der Waals surface area contributed by atoms with Crippen LogP contribution >= 0.6 is 10.0 Å². The lowest BCUT2D eigenvalue weighted by Gasteiger charge is -2.24. The lowest BCUT2D eigenvalue weighted by atomic mass is 9.98. The highest BCUT2D eigenvalue weighted by molar-refractivity contribution is 8.34. The summed E-state index contributed by atoms with van der Waals surface area (Å²) >= 11 is 0. The first-order valence-corrected chi connectivity index (χ1v) is 13.4. The maximum atomic E-state index is 13.6. The van der Waals surface area contributed by atoms with Gasteiger partial charge in [-0.2, -0.15) is 0 Å². The fourth-order valence-corrected chi connectivity index (χ4v) is 4.62. The molecule has 0 saturated carbocycles. The average Bonchev–Trinajstić information content (AvgIpc) is 3.25. The van der Waals surface area contributed by atoms with Crippen LogP contribution in [0.1, 0.15) is 34.3 Å². The highest BCUT2D eigenvalue weighted by atomic mass is 32.3. The first-order valence-electron chi connectivity index (χ1n) is 10.5. The molecule has 0 atom stereocenters. The predicted molar refractivity (Wildman–Crippen MR) is 129 cm³/mol. The first kappa shape index (κ1) is 23.3. The van der Waals surface area contributed by atoms with Gasteiger partial charge >= 0.3 is 5.97 Å². The van der Waals surface area contributed by atoms with Gasteiger partial charge in [0.05, 0.1) is 12.7 Å². The summed E-state index contributed by atoms with van der Waals surface area (Å²) in [5, 5.41) is 5.67. The number of halogens is 1. The molecule has 5 nitrogen and oxygen atoms in total. The van der Waals surface area contributed by atoms with E-state index in [0.717, 1.165) is 42.9 Å². The van der Waals surface area contributed by atoms with E-state index < -0.39 is 16.0 Å². The van der Waals surface area contributed by atoms with Gasteiger partial charge in [-0.3, -0.25) is 0 Å². The second kappa shape index (κ2) is 10.3. The Kier molecular flexibility index (Phi) is 7.73. The predicted octanol–water partition coefficient (Wildman–Crippen LogP) is 4.60. The number of ether oxygens (including phenoxy) is 1. The van der Waals surface area contributed by atoms with Crippen LogP contribution < -0.4 is 5.32 Å². The zero-order valence-electron chi connectivity index (χ0n) is 18.8. The summed E-state index contributed by atoms with van der Waals surface area (Å²) < 4.78 is 18.5. The molecule has 1 fully saturated rings. The molecule has 2 heterocycles. The van der Waals surface area contributed by atoms with Crippen LogP contribution in [0.3, 0.4) is 0 Å². The van der Waals surface area contributed by atoms with Crippen molar-refractivity contribution in [3.8, 4) is 0 Å². The number of rotatable bonds is 8. The van der Waals surface area contributed by atoms with Gasteiger partial charge in [0.1, 0.15) is 11.6 Å². The molecule has 1 saturated heterocycles. The van der Waals surface area contributed by atoms with Crippen molar-refractivity contribution in [2.24, 2.45) is 0 Å². The second-order valence-corrected chi connectivity index (χ2v) is 12.7. The van der Waals surface area contributed by atoms with E-state index in [1.807, 2.05) is 6.07 Å². The molecule has 0 radical (unpaired) electrons. The molecule has 1 N–H and O–H groups in total. The monoisotopic (exact) mass is 445 g/mol. The molecule has 1 aromatic heterocycles. The number of pyridine rings is 1. The number of carbonyl (C=O) groups excluding carboxylic acids is 1. The summed E-state index contributed by atoms with van der Waals surface area (Å²) in [4.78, 5) is 19.2. The summed E-state index contributed by atoms with van der Waals surface area (Å²) in [7, 11) is 0.307. The number of carbonyl (C=O) groups is 1. The number of nitrogens with one attached hydrogen (secondary N) is 1. The SMILES string of the molecule is COC(=O)c1cnc(NCCN2CCCC2)c(/C(=C/S(C)(C)C)c2ccc(F)cc2)c1. The Morgan fingerprint density at radius 1 is 1.19 bits per heavy atom. The molecule has 1 aliphatic rings. The molecular formula is C24H32FN3O2S. The number of aromatic nitrogens is 1. The van der Waals surface area contributed by atoms with Crippen LogP contribution in [0.2, 0.25) is 0 Å². The number of methoxy groups -OCH3 is 1. The fourth-order valence-electron chi connectivity index (χ4n) is 3.65. The minimum Gasteiger partial charge on any atom is -0.465 e. The quantitative estimate of drug-likeness (QED) is 0.602. The van der Waals surface area contributed by atoms with Crippen LogP contribution in [0.15, 0.2) is 41.9 Å². The van der Waals surface area contributed by atoms with Crippen molar-refractivity contribution < 1.29 is 13.9 Å². The Bertz CT molecular complexity index is 933.